The molecule has 0 radical (unpaired) electrons. The molecular formula is C73H48I4O4. The zero-order chi connectivity index (χ0) is 55.1. The number of benzene rings is 12. The van der Waals surface area contributed by atoms with E-state index in [0.717, 1.165) is 126 Å². The van der Waals surface area contributed by atoms with Crippen LogP contribution in [-0.2, 0) is 17.7 Å². The molecule has 0 spiro atoms. The van der Waals surface area contributed by atoms with Crippen LogP contribution in [-0.4, -0.2) is 0 Å². The average molecular weight is 1500 g/mol. The fourth-order valence-corrected chi connectivity index (χ4v) is 13.5. The number of hydrogen-bond donors (Lipinski definition) is 0. The molecule has 0 saturated heterocycles. The molecule has 0 unspecified atom stereocenters. The summed E-state index contributed by atoms with van der Waals surface area (Å²) in [6.45, 7) is 0. The van der Waals surface area contributed by atoms with E-state index in [1.54, 1.807) is 0 Å². The Morgan fingerprint density at radius 3 is 0.358 bits per heavy atom. The van der Waals surface area contributed by atoms with Crippen molar-refractivity contribution in [3.05, 3.63) is 328 Å². The smallest absolute Gasteiger partial charge is 0.182 e. The van der Waals surface area contributed by atoms with Crippen LogP contribution >= 0.6 is 84.8 Å². The van der Waals surface area contributed by atoms with Crippen LogP contribution in [0.25, 0.3) is 89.0 Å². The summed E-state index contributed by atoms with van der Waals surface area (Å²) in [5.74, 6) is 0. The molecule has 0 aliphatic rings. The van der Waals surface area contributed by atoms with Crippen LogP contribution in [0, 0.1) is 14.3 Å². The largest absolute Gasteiger partial charge is 0.265 e. The third-order valence-corrected chi connectivity index (χ3v) is 20.1. The summed E-state index contributed by atoms with van der Waals surface area (Å²) in [5.41, 5.74) is 21.4. The fraction of sp³-hybridized carbons (Fsp3) is 0.0137. The first-order valence-electron chi connectivity index (χ1n) is 26.2. The quantitative estimate of drug-likeness (QED) is 0.0714. The normalized spacial score (nSPS) is 11.4. The Labute approximate surface area is 513 Å². The Hall–Kier alpha value is -7.24. The van der Waals surface area contributed by atoms with Gasteiger partial charge in [-0.15, -0.1) is 0 Å². The van der Waals surface area contributed by atoms with E-state index in [1.165, 1.54) is 0 Å². The van der Waals surface area contributed by atoms with E-state index in [-0.39, 0.29) is 0 Å². The first-order valence-corrected chi connectivity index (χ1v) is 34.1. The minimum absolute atomic E-state index is 0.774. The number of hydrogen-bond acceptors (Lipinski definition) is 4. The van der Waals surface area contributed by atoms with Crippen molar-refractivity contribution in [1.82, 2.24) is 0 Å². The molecule has 0 atom stereocenters. The van der Waals surface area contributed by atoms with Crippen LogP contribution in [0.5, 0.6) is 0 Å². The minimum atomic E-state index is -1.20. The van der Waals surface area contributed by atoms with Gasteiger partial charge in [0.2, 0.25) is 0 Å². The van der Waals surface area contributed by atoms with Crippen molar-refractivity contribution in [2.24, 2.45) is 0 Å². The molecule has 12 aromatic carbocycles. The highest BCUT2D eigenvalue weighted by Crippen LogP contribution is 2.47. The number of rotatable bonds is 16. The van der Waals surface area contributed by atoms with Gasteiger partial charge in [0.25, 0.3) is 0 Å². The van der Waals surface area contributed by atoms with E-state index in [1.807, 2.05) is 97.1 Å². The molecule has 8 heteroatoms. The highest BCUT2D eigenvalue weighted by Gasteiger charge is 2.38. The van der Waals surface area contributed by atoms with Crippen molar-refractivity contribution in [1.29, 1.82) is 0 Å². The predicted octanol–water partition coefficient (Wildman–Crippen LogP) is 21.3. The van der Waals surface area contributed by atoms with Crippen LogP contribution in [0.15, 0.2) is 291 Å². The van der Waals surface area contributed by atoms with Gasteiger partial charge < -0.3 is 0 Å². The van der Waals surface area contributed by atoms with E-state index in [2.05, 4.69) is 194 Å². The second-order valence-corrected chi connectivity index (χ2v) is 26.4. The highest BCUT2D eigenvalue weighted by atomic mass is 127. The van der Waals surface area contributed by atoms with Crippen LogP contribution in [0.2, 0.25) is 0 Å². The monoisotopic (exact) mass is 1500 g/mol. The second-order valence-electron chi connectivity index (χ2n) is 19.7. The summed E-state index contributed by atoms with van der Waals surface area (Å²) in [5, 5.41) is 0. The standard InChI is InChI=1S/C73H48I4O4/c78-74-69-41-25-61(26-42-69)53-9-1-49(2-10-53)57-17-33-65(34-18-57)73(66-35-19-58(20-36-66)50-3-11-54(12-4-50)62-27-43-70(75-79)44-28-62,67-37-21-59(22-38-67)51-5-13-55(14-6-51)63-29-45-71(76-80)46-30-63)68-39-23-60(24-40-68)52-7-15-56(16-8-52)64-31-47-72(77-81)48-32-64/h1-48H. The maximum absolute atomic E-state index is 11.6. The van der Waals surface area contributed by atoms with Gasteiger partial charge in [-0.2, -0.15) is 0 Å². The van der Waals surface area contributed by atoms with Gasteiger partial charge in [-0.25, -0.2) is 0 Å². The summed E-state index contributed by atoms with van der Waals surface area (Å²) in [6.07, 6.45) is 0. The predicted molar refractivity (Wildman–Crippen MR) is 362 cm³/mol. The average Bonchev–Trinajstić information content (AvgIpc) is 3.71. The molecule has 0 N–H and O–H groups in total. The topological polar surface area (TPSA) is 68.3 Å². The summed E-state index contributed by atoms with van der Waals surface area (Å²) in [4.78, 5) is 0. The number of halogens is 4. The van der Waals surface area contributed by atoms with Crippen molar-refractivity contribution in [3.63, 3.8) is 0 Å². The molecule has 0 saturated carbocycles. The Morgan fingerprint density at radius 1 is 0.148 bits per heavy atom. The zero-order valence-electron chi connectivity index (χ0n) is 43.4. The molecule has 0 aliphatic carbocycles. The third-order valence-electron chi connectivity index (χ3n) is 15.2. The molecule has 4 nitrogen and oxygen atoms in total. The molecule has 81 heavy (non-hydrogen) atoms. The highest BCUT2D eigenvalue weighted by molar-refractivity contribution is 14.2. The minimum Gasteiger partial charge on any atom is -0.265 e. The molecular weight excluding hydrogens is 1450 g/mol. The van der Waals surface area contributed by atoms with Gasteiger partial charge in [-0.05, 0) is 160 Å². The lowest BCUT2D eigenvalue weighted by molar-refractivity contribution is 0.647. The van der Waals surface area contributed by atoms with Gasteiger partial charge in [-0.1, -0.05) is 243 Å². The lowest BCUT2D eigenvalue weighted by Gasteiger charge is -2.37. The molecule has 0 fully saturated rings. The lowest BCUT2D eigenvalue weighted by Crippen LogP contribution is -2.31. The molecule has 0 aromatic heterocycles. The van der Waals surface area contributed by atoms with Gasteiger partial charge >= 0.3 is 0 Å². The Morgan fingerprint density at radius 2 is 0.247 bits per heavy atom. The molecule has 0 aliphatic heterocycles. The van der Waals surface area contributed by atoms with Crippen molar-refractivity contribution < 1.29 is 12.3 Å². The van der Waals surface area contributed by atoms with Crippen LogP contribution in [0.3, 0.4) is 0 Å². The maximum Gasteiger partial charge on any atom is 0.182 e. The molecule has 12 rings (SSSR count). The van der Waals surface area contributed by atoms with Gasteiger partial charge in [-0.3, -0.25) is 12.3 Å². The SMILES string of the molecule is O=Ic1ccc(-c2ccc(-c3ccc(C(c4ccc(-c5ccc(-c6ccc(I=O)cc6)cc5)cc4)(c4ccc(-c5ccc(-c6ccc(I=O)cc6)cc5)cc4)c4ccc(-c5ccc(-c6ccc(I=O)cc6)cc5)cc4)cc3)cc2)cc1. The van der Waals surface area contributed by atoms with Crippen molar-refractivity contribution >= 4 is 84.8 Å². The van der Waals surface area contributed by atoms with E-state index in [9.17, 15) is 12.3 Å². The van der Waals surface area contributed by atoms with Crippen molar-refractivity contribution in [3.8, 4) is 89.0 Å². The lowest BCUT2D eigenvalue weighted by atomic mass is 9.64. The summed E-state index contributed by atoms with van der Waals surface area (Å²) >= 11 is -4.79. The van der Waals surface area contributed by atoms with Crippen molar-refractivity contribution in [2.45, 2.75) is 5.41 Å². The zero-order valence-corrected chi connectivity index (χ0v) is 52.0. The first-order chi connectivity index (χ1) is 39.9. The molecule has 0 amide bonds. The maximum atomic E-state index is 11.6. The summed E-state index contributed by atoms with van der Waals surface area (Å²) in [6, 6.07) is 103. The molecule has 0 heterocycles. The molecule has 392 valence electrons. The van der Waals surface area contributed by atoms with Gasteiger partial charge in [0, 0.05) is 14.3 Å². The first kappa shape index (κ1) is 54.4. The Bertz CT molecular complexity index is 3610. The Kier molecular flexibility index (Phi) is 16.7. The van der Waals surface area contributed by atoms with E-state index < -0.39 is 90.2 Å². The van der Waals surface area contributed by atoms with E-state index in [0.29, 0.717) is 0 Å². The summed E-state index contributed by atoms with van der Waals surface area (Å²) in [7, 11) is 0. The van der Waals surface area contributed by atoms with Gasteiger partial charge in [0.15, 0.2) is 84.8 Å². The summed E-state index contributed by atoms with van der Waals surface area (Å²) < 4.78 is 49.9. The third kappa shape index (κ3) is 11.7. The van der Waals surface area contributed by atoms with Crippen LogP contribution < -0.4 is 0 Å². The molecule has 0 bridgehead atoms. The van der Waals surface area contributed by atoms with Crippen molar-refractivity contribution in [2.75, 3.05) is 0 Å². The van der Waals surface area contributed by atoms with Gasteiger partial charge in [0.1, 0.15) is 0 Å². The second kappa shape index (κ2) is 24.9. The van der Waals surface area contributed by atoms with E-state index in [4.69, 9.17) is 0 Å². The van der Waals surface area contributed by atoms with Gasteiger partial charge in [0.05, 0.1) is 5.41 Å². The van der Waals surface area contributed by atoms with E-state index >= 15 is 0 Å². The van der Waals surface area contributed by atoms with Crippen LogP contribution in [0.4, 0.5) is 0 Å². The van der Waals surface area contributed by atoms with Crippen LogP contribution in [0.1, 0.15) is 22.3 Å². The fourth-order valence-electron chi connectivity index (χ4n) is 10.8. The Balaban J connectivity index is 0.961. The molecule has 12 aromatic rings.